The lowest BCUT2D eigenvalue weighted by molar-refractivity contribution is 0.0698. The molecular formula is C15H13NO4. The van der Waals surface area contributed by atoms with Crippen LogP contribution in [0.5, 0.6) is 5.75 Å². The molecule has 2 rings (SSSR count). The summed E-state index contributed by atoms with van der Waals surface area (Å²) in [5, 5.41) is 21.4. The number of carbonyl (C=O) groups excluding carboxylic acids is 1. The number of phenolic OH excluding ortho intramolecular Hbond substituents is 1. The molecule has 0 spiro atoms. The molecule has 0 saturated heterocycles. The molecule has 0 aromatic heterocycles. The highest BCUT2D eigenvalue weighted by Gasteiger charge is 2.16. The number of aromatic hydroxyl groups is 1. The first-order valence-corrected chi connectivity index (χ1v) is 5.93. The number of anilines is 1. The van der Waals surface area contributed by atoms with Crippen LogP contribution in [0.25, 0.3) is 0 Å². The molecule has 102 valence electrons. The van der Waals surface area contributed by atoms with Gasteiger partial charge < -0.3 is 15.5 Å². The summed E-state index contributed by atoms with van der Waals surface area (Å²) in [6.07, 6.45) is 0. The zero-order valence-electron chi connectivity index (χ0n) is 10.8. The predicted molar refractivity (Wildman–Crippen MR) is 74.2 cm³/mol. The third kappa shape index (κ3) is 2.61. The summed E-state index contributed by atoms with van der Waals surface area (Å²) in [7, 11) is 0. The van der Waals surface area contributed by atoms with Crippen molar-refractivity contribution in [1.29, 1.82) is 0 Å². The van der Waals surface area contributed by atoms with Gasteiger partial charge in [-0.25, -0.2) is 4.79 Å². The Kier molecular flexibility index (Phi) is 3.70. The van der Waals surface area contributed by atoms with E-state index in [4.69, 9.17) is 5.11 Å². The lowest BCUT2D eigenvalue weighted by Crippen LogP contribution is -2.15. The van der Waals surface area contributed by atoms with Gasteiger partial charge in [-0.05, 0) is 30.7 Å². The molecule has 5 heteroatoms. The Morgan fingerprint density at radius 3 is 2.35 bits per heavy atom. The molecule has 2 aromatic rings. The predicted octanol–water partition coefficient (Wildman–Crippen LogP) is 2.65. The number of amides is 1. The summed E-state index contributed by atoms with van der Waals surface area (Å²) in [6, 6.07) is 10.9. The van der Waals surface area contributed by atoms with Gasteiger partial charge in [0.2, 0.25) is 0 Å². The van der Waals surface area contributed by atoms with Gasteiger partial charge in [-0.3, -0.25) is 4.79 Å². The van der Waals surface area contributed by atoms with Crippen LogP contribution in [-0.2, 0) is 0 Å². The van der Waals surface area contributed by atoms with Crippen molar-refractivity contribution in [1.82, 2.24) is 0 Å². The number of nitrogens with one attached hydrogen (secondary N) is 1. The number of para-hydroxylation sites is 2. The number of carboxylic acid groups (broad SMARTS) is 1. The molecule has 0 radical (unpaired) electrons. The van der Waals surface area contributed by atoms with Crippen LogP contribution in [0, 0.1) is 6.92 Å². The van der Waals surface area contributed by atoms with Crippen molar-refractivity contribution in [2.24, 2.45) is 0 Å². The average molecular weight is 271 g/mol. The second-order valence-electron chi connectivity index (χ2n) is 4.28. The highest BCUT2D eigenvalue weighted by molar-refractivity contribution is 6.09. The molecule has 20 heavy (non-hydrogen) atoms. The van der Waals surface area contributed by atoms with Crippen molar-refractivity contribution in [2.75, 3.05) is 5.32 Å². The van der Waals surface area contributed by atoms with Gasteiger partial charge in [-0.2, -0.15) is 0 Å². The number of phenols is 1. The normalized spacial score (nSPS) is 10.1. The van der Waals surface area contributed by atoms with Gasteiger partial charge in [-0.15, -0.1) is 0 Å². The minimum atomic E-state index is -1.13. The molecule has 0 fully saturated rings. The van der Waals surface area contributed by atoms with E-state index in [0.29, 0.717) is 5.56 Å². The highest BCUT2D eigenvalue weighted by atomic mass is 16.4. The van der Waals surface area contributed by atoms with Crippen LogP contribution in [0.4, 0.5) is 5.69 Å². The molecule has 0 aliphatic carbocycles. The van der Waals surface area contributed by atoms with Crippen molar-refractivity contribution in [2.45, 2.75) is 6.92 Å². The van der Waals surface area contributed by atoms with Gasteiger partial charge in [0.25, 0.3) is 5.91 Å². The molecule has 2 aromatic carbocycles. The third-order valence-corrected chi connectivity index (χ3v) is 2.89. The highest BCUT2D eigenvalue weighted by Crippen LogP contribution is 2.23. The first-order chi connectivity index (χ1) is 9.50. The SMILES string of the molecule is Cc1cccc(C(=O)Nc2ccccc2C(=O)O)c1O. The molecule has 0 aliphatic heterocycles. The number of aromatic carboxylic acids is 1. The van der Waals surface area contributed by atoms with Gasteiger partial charge in [0.1, 0.15) is 5.75 Å². The van der Waals surface area contributed by atoms with Gasteiger partial charge in [0, 0.05) is 0 Å². The Bertz CT molecular complexity index is 679. The number of hydrogen-bond acceptors (Lipinski definition) is 3. The number of carboxylic acids is 1. The molecule has 0 saturated carbocycles. The molecule has 5 nitrogen and oxygen atoms in total. The number of rotatable bonds is 3. The number of carbonyl (C=O) groups is 2. The Labute approximate surface area is 115 Å². The van der Waals surface area contributed by atoms with Gasteiger partial charge in [-0.1, -0.05) is 24.3 Å². The van der Waals surface area contributed by atoms with E-state index in [9.17, 15) is 14.7 Å². The lowest BCUT2D eigenvalue weighted by Gasteiger charge is -2.10. The molecule has 0 atom stereocenters. The largest absolute Gasteiger partial charge is 0.507 e. The van der Waals surface area contributed by atoms with Gasteiger partial charge >= 0.3 is 5.97 Å². The third-order valence-electron chi connectivity index (χ3n) is 2.89. The Balaban J connectivity index is 2.33. The molecule has 0 unspecified atom stereocenters. The van der Waals surface area contributed by atoms with Crippen molar-refractivity contribution in [3.05, 3.63) is 59.2 Å². The Morgan fingerprint density at radius 1 is 1.00 bits per heavy atom. The second-order valence-corrected chi connectivity index (χ2v) is 4.28. The second kappa shape index (κ2) is 5.44. The quantitative estimate of drug-likeness (QED) is 0.801. The van der Waals surface area contributed by atoms with E-state index < -0.39 is 11.9 Å². The molecule has 0 heterocycles. The van der Waals surface area contributed by atoms with Crippen LogP contribution in [0.15, 0.2) is 42.5 Å². The van der Waals surface area contributed by atoms with E-state index in [1.165, 1.54) is 18.2 Å². The fourth-order valence-electron chi connectivity index (χ4n) is 1.81. The van der Waals surface area contributed by atoms with Crippen LogP contribution in [-0.4, -0.2) is 22.1 Å². The van der Waals surface area contributed by atoms with E-state index in [-0.39, 0.29) is 22.6 Å². The molecule has 0 bridgehead atoms. The Morgan fingerprint density at radius 2 is 1.65 bits per heavy atom. The summed E-state index contributed by atoms with van der Waals surface area (Å²) < 4.78 is 0. The smallest absolute Gasteiger partial charge is 0.337 e. The fourth-order valence-corrected chi connectivity index (χ4v) is 1.81. The summed E-state index contributed by atoms with van der Waals surface area (Å²) in [5.74, 6) is -1.80. The number of aryl methyl sites for hydroxylation is 1. The van der Waals surface area contributed by atoms with E-state index in [1.54, 1.807) is 31.2 Å². The maximum Gasteiger partial charge on any atom is 0.337 e. The van der Waals surface area contributed by atoms with Gasteiger partial charge in [0.15, 0.2) is 0 Å². The van der Waals surface area contributed by atoms with Gasteiger partial charge in [0.05, 0.1) is 16.8 Å². The Hall–Kier alpha value is -2.82. The number of hydrogen-bond donors (Lipinski definition) is 3. The van der Waals surface area contributed by atoms with Crippen LogP contribution in [0.3, 0.4) is 0 Å². The summed E-state index contributed by atoms with van der Waals surface area (Å²) >= 11 is 0. The molecule has 1 amide bonds. The first kappa shape index (κ1) is 13.6. The first-order valence-electron chi connectivity index (χ1n) is 5.93. The monoisotopic (exact) mass is 271 g/mol. The van der Waals surface area contributed by atoms with E-state index >= 15 is 0 Å². The minimum Gasteiger partial charge on any atom is -0.507 e. The van der Waals surface area contributed by atoms with Crippen LogP contribution < -0.4 is 5.32 Å². The molecular weight excluding hydrogens is 258 g/mol. The van der Waals surface area contributed by atoms with E-state index in [2.05, 4.69) is 5.32 Å². The number of benzene rings is 2. The molecule has 0 aliphatic rings. The van der Waals surface area contributed by atoms with E-state index in [1.807, 2.05) is 0 Å². The van der Waals surface area contributed by atoms with Crippen molar-refractivity contribution in [3.8, 4) is 5.75 Å². The van der Waals surface area contributed by atoms with Crippen molar-refractivity contribution < 1.29 is 19.8 Å². The zero-order valence-corrected chi connectivity index (χ0v) is 10.8. The van der Waals surface area contributed by atoms with Crippen molar-refractivity contribution in [3.63, 3.8) is 0 Å². The zero-order chi connectivity index (χ0) is 14.7. The minimum absolute atomic E-state index is 0.00649. The maximum atomic E-state index is 12.1. The van der Waals surface area contributed by atoms with E-state index in [0.717, 1.165) is 0 Å². The van der Waals surface area contributed by atoms with Crippen molar-refractivity contribution >= 4 is 17.6 Å². The average Bonchev–Trinajstić information content (AvgIpc) is 2.42. The van der Waals surface area contributed by atoms with Crippen LogP contribution >= 0.6 is 0 Å². The fraction of sp³-hybridized carbons (Fsp3) is 0.0667. The van der Waals surface area contributed by atoms with Crippen LogP contribution in [0.2, 0.25) is 0 Å². The summed E-state index contributed by atoms with van der Waals surface area (Å²) in [4.78, 5) is 23.2. The lowest BCUT2D eigenvalue weighted by atomic mass is 10.1. The maximum absolute atomic E-state index is 12.1. The topological polar surface area (TPSA) is 86.6 Å². The van der Waals surface area contributed by atoms with Crippen LogP contribution in [0.1, 0.15) is 26.3 Å². The summed E-state index contributed by atoms with van der Waals surface area (Å²) in [5.41, 5.74) is 0.855. The molecule has 3 N–H and O–H groups in total. The summed E-state index contributed by atoms with van der Waals surface area (Å²) in [6.45, 7) is 1.68. The standard InChI is InChI=1S/C15H13NO4/c1-9-5-4-7-11(13(9)17)14(18)16-12-8-3-2-6-10(12)15(19)20/h2-8,17H,1H3,(H,16,18)(H,19,20).